The van der Waals surface area contributed by atoms with E-state index in [4.69, 9.17) is 0 Å². The van der Waals surface area contributed by atoms with E-state index in [-0.39, 0.29) is 11.9 Å². The first kappa shape index (κ1) is 19.5. The summed E-state index contributed by atoms with van der Waals surface area (Å²) in [6.45, 7) is 7.39. The van der Waals surface area contributed by atoms with Crippen molar-refractivity contribution in [3.63, 3.8) is 0 Å². The number of para-hydroxylation sites is 1. The number of hydrogen-bond donors (Lipinski definition) is 0. The van der Waals surface area contributed by atoms with Crippen molar-refractivity contribution >= 4 is 17.5 Å². The lowest BCUT2D eigenvalue weighted by molar-refractivity contribution is 0.0689. The maximum absolute atomic E-state index is 13.0. The van der Waals surface area contributed by atoms with Gasteiger partial charge in [-0.05, 0) is 38.5 Å². The molecule has 5 heteroatoms. The molecule has 28 heavy (non-hydrogen) atoms. The summed E-state index contributed by atoms with van der Waals surface area (Å²) in [6, 6.07) is 20.1. The average Bonchev–Trinajstić information content (AvgIpc) is 2.74. The van der Waals surface area contributed by atoms with Gasteiger partial charge in [-0.15, -0.1) is 0 Å². The second-order valence-corrected chi connectivity index (χ2v) is 6.86. The topological polar surface area (TPSA) is 49.3 Å². The molecule has 1 heterocycles. The summed E-state index contributed by atoms with van der Waals surface area (Å²) in [6.07, 6.45) is 3.24. The van der Waals surface area contributed by atoms with Crippen molar-refractivity contribution in [2.24, 2.45) is 0 Å². The van der Waals surface area contributed by atoms with E-state index in [0.29, 0.717) is 18.1 Å². The molecule has 0 bridgehead atoms. The van der Waals surface area contributed by atoms with Crippen molar-refractivity contribution in [2.75, 3.05) is 11.4 Å². The maximum atomic E-state index is 13.0. The number of amides is 1. The molecule has 0 aliphatic heterocycles. The van der Waals surface area contributed by atoms with E-state index in [1.807, 2.05) is 84.3 Å². The standard InChI is InChI=1S/C23H26N4O/c1-4-26(21-13-9-6-10-14-21)23-24-15-20(16-25-23)22(28)27(18(2)3)17-19-11-7-5-8-12-19/h5-16,18H,4,17H2,1-3H3. The van der Waals surface area contributed by atoms with Crippen LogP contribution in [-0.2, 0) is 6.54 Å². The number of hydrogen-bond acceptors (Lipinski definition) is 4. The first-order chi connectivity index (χ1) is 13.6. The van der Waals surface area contributed by atoms with Gasteiger partial charge in [-0.25, -0.2) is 9.97 Å². The summed E-state index contributed by atoms with van der Waals surface area (Å²) >= 11 is 0. The van der Waals surface area contributed by atoms with E-state index < -0.39 is 0 Å². The van der Waals surface area contributed by atoms with Crippen LogP contribution in [0.5, 0.6) is 0 Å². The molecule has 2 aromatic carbocycles. The monoisotopic (exact) mass is 374 g/mol. The molecular formula is C23H26N4O. The molecular weight excluding hydrogens is 348 g/mol. The van der Waals surface area contributed by atoms with Crippen LogP contribution in [-0.4, -0.2) is 33.4 Å². The fourth-order valence-electron chi connectivity index (χ4n) is 3.05. The van der Waals surface area contributed by atoms with Crippen molar-refractivity contribution in [3.05, 3.63) is 84.2 Å². The van der Waals surface area contributed by atoms with Gasteiger partial charge in [0.1, 0.15) is 0 Å². The Labute approximate surface area is 166 Å². The Morgan fingerprint density at radius 3 is 2.04 bits per heavy atom. The lowest BCUT2D eigenvalue weighted by atomic mass is 10.1. The van der Waals surface area contributed by atoms with E-state index in [9.17, 15) is 4.79 Å². The number of nitrogens with zero attached hydrogens (tertiary/aromatic N) is 4. The highest BCUT2D eigenvalue weighted by molar-refractivity contribution is 5.94. The lowest BCUT2D eigenvalue weighted by Crippen LogP contribution is -2.36. The van der Waals surface area contributed by atoms with E-state index in [1.165, 1.54) is 0 Å². The average molecular weight is 374 g/mol. The third-order valence-electron chi connectivity index (χ3n) is 4.59. The van der Waals surface area contributed by atoms with E-state index >= 15 is 0 Å². The largest absolute Gasteiger partial charge is 0.332 e. The molecule has 3 aromatic rings. The predicted molar refractivity (Wildman–Crippen MR) is 113 cm³/mol. The Hall–Kier alpha value is -3.21. The summed E-state index contributed by atoms with van der Waals surface area (Å²) in [7, 11) is 0. The quantitative estimate of drug-likeness (QED) is 0.602. The van der Waals surface area contributed by atoms with Crippen LogP contribution in [0.3, 0.4) is 0 Å². The molecule has 1 amide bonds. The summed E-state index contributed by atoms with van der Waals surface area (Å²) in [4.78, 5) is 25.8. The van der Waals surface area contributed by atoms with Crippen LogP contribution < -0.4 is 4.90 Å². The number of carbonyl (C=O) groups is 1. The molecule has 0 aliphatic carbocycles. The van der Waals surface area contributed by atoms with Gasteiger partial charge in [0.15, 0.2) is 0 Å². The Morgan fingerprint density at radius 1 is 0.929 bits per heavy atom. The molecule has 0 saturated carbocycles. The van der Waals surface area contributed by atoms with Gasteiger partial charge < -0.3 is 9.80 Å². The third kappa shape index (κ3) is 4.55. The zero-order valence-corrected chi connectivity index (χ0v) is 16.6. The highest BCUT2D eigenvalue weighted by Gasteiger charge is 2.20. The SMILES string of the molecule is CCN(c1ccccc1)c1ncc(C(=O)N(Cc2ccccc2)C(C)C)cn1. The van der Waals surface area contributed by atoms with Gasteiger partial charge in [-0.2, -0.15) is 0 Å². The van der Waals surface area contributed by atoms with Crippen LogP contribution in [0, 0.1) is 0 Å². The van der Waals surface area contributed by atoms with Crippen molar-refractivity contribution in [1.29, 1.82) is 0 Å². The second kappa shape index (κ2) is 9.13. The molecule has 0 N–H and O–H groups in total. The van der Waals surface area contributed by atoms with Gasteiger partial charge in [0.05, 0.1) is 5.56 Å². The highest BCUT2D eigenvalue weighted by atomic mass is 16.2. The molecule has 3 rings (SSSR count). The van der Waals surface area contributed by atoms with Crippen LogP contribution >= 0.6 is 0 Å². The predicted octanol–water partition coefficient (Wildman–Crippen LogP) is 4.69. The molecule has 1 aromatic heterocycles. The fourth-order valence-corrected chi connectivity index (χ4v) is 3.05. The molecule has 0 saturated heterocycles. The molecule has 0 fully saturated rings. The van der Waals surface area contributed by atoms with Crippen molar-refractivity contribution in [3.8, 4) is 0 Å². The molecule has 0 spiro atoms. The second-order valence-electron chi connectivity index (χ2n) is 6.86. The summed E-state index contributed by atoms with van der Waals surface area (Å²) in [5.74, 6) is 0.526. The minimum absolute atomic E-state index is 0.0619. The first-order valence-electron chi connectivity index (χ1n) is 9.59. The Bertz CT molecular complexity index is 879. The van der Waals surface area contributed by atoms with E-state index in [1.54, 1.807) is 12.4 Å². The van der Waals surface area contributed by atoms with E-state index in [0.717, 1.165) is 17.8 Å². The normalized spacial score (nSPS) is 10.7. The molecule has 144 valence electrons. The van der Waals surface area contributed by atoms with Crippen LogP contribution in [0.2, 0.25) is 0 Å². The molecule has 5 nitrogen and oxygen atoms in total. The Balaban J connectivity index is 1.80. The lowest BCUT2D eigenvalue weighted by Gasteiger charge is -2.27. The van der Waals surface area contributed by atoms with Gasteiger partial charge >= 0.3 is 0 Å². The number of anilines is 2. The Kier molecular flexibility index (Phi) is 6.37. The molecule has 0 unspecified atom stereocenters. The zero-order chi connectivity index (χ0) is 19.9. The van der Waals surface area contributed by atoms with Gasteiger partial charge in [0, 0.05) is 37.2 Å². The molecule has 0 radical (unpaired) electrons. The maximum Gasteiger partial charge on any atom is 0.257 e. The third-order valence-corrected chi connectivity index (χ3v) is 4.59. The van der Waals surface area contributed by atoms with Crippen LogP contribution in [0.1, 0.15) is 36.7 Å². The summed E-state index contributed by atoms with van der Waals surface area (Å²) in [5, 5.41) is 0. The van der Waals surface area contributed by atoms with Gasteiger partial charge in [-0.3, -0.25) is 4.79 Å². The highest BCUT2D eigenvalue weighted by Crippen LogP contribution is 2.21. The number of aromatic nitrogens is 2. The smallest absolute Gasteiger partial charge is 0.257 e. The minimum atomic E-state index is -0.0619. The van der Waals surface area contributed by atoms with Gasteiger partial charge in [0.2, 0.25) is 5.95 Å². The fraction of sp³-hybridized carbons (Fsp3) is 0.261. The number of rotatable bonds is 7. The summed E-state index contributed by atoms with van der Waals surface area (Å²) in [5.41, 5.74) is 2.62. The minimum Gasteiger partial charge on any atom is -0.332 e. The van der Waals surface area contributed by atoms with Crippen LogP contribution in [0.25, 0.3) is 0 Å². The summed E-state index contributed by atoms with van der Waals surface area (Å²) < 4.78 is 0. The van der Waals surface area contributed by atoms with Crippen molar-refractivity contribution in [2.45, 2.75) is 33.4 Å². The van der Waals surface area contributed by atoms with Gasteiger partial charge in [-0.1, -0.05) is 48.5 Å². The first-order valence-corrected chi connectivity index (χ1v) is 9.59. The van der Waals surface area contributed by atoms with E-state index in [2.05, 4.69) is 16.9 Å². The Morgan fingerprint density at radius 2 is 1.50 bits per heavy atom. The molecule has 0 aliphatic rings. The van der Waals surface area contributed by atoms with Gasteiger partial charge in [0.25, 0.3) is 5.91 Å². The number of benzene rings is 2. The van der Waals surface area contributed by atoms with Crippen molar-refractivity contribution in [1.82, 2.24) is 14.9 Å². The zero-order valence-electron chi connectivity index (χ0n) is 16.6. The van der Waals surface area contributed by atoms with Crippen LogP contribution in [0.15, 0.2) is 73.1 Å². The number of carbonyl (C=O) groups excluding carboxylic acids is 1. The molecule has 0 atom stereocenters. The van der Waals surface area contributed by atoms with Crippen molar-refractivity contribution < 1.29 is 4.79 Å². The van der Waals surface area contributed by atoms with Crippen LogP contribution in [0.4, 0.5) is 11.6 Å².